The number of carbonyl (C=O) groups is 1. The lowest BCUT2D eigenvalue weighted by Crippen LogP contribution is -2.60. The predicted molar refractivity (Wildman–Crippen MR) is 141 cm³/mol. The lowest BCUT2D eigenvalue weighted by molar-refractivity contribution is 0.0310. The van der Waals surface area contributed by atoms with Crippen LogP contribution >= 0.6 is 11.3 Å². The minimum atomic E-state index is -0.657. The highest BCUT2D eigenvalue weighted by atomic mass is 32.1. The summed E-state index contributed by atoms with van der Waals surface area (Å²) in [6.45, 7) is 4.38. The molecular weight excluding hydrogens is 475 g/mol. The average molecular weight is 505 g/mol. The van der Waals surface area contributed by atoms with Crippen LogP contribution in [0.3, 0.4) is 0 Å². The molecular formula is C28H29FN4O2S. The number of halogens is 1. The summed E-state index contributed by atoms with van der Waals surface area (Å²) in [5.74, 6) is -0.589. The number of β-amino-alcohol motifs (C(OH)–C–C–N with tert-alkyl or cyclic N) is 1. The quantitative estimate of drug-likeness (QED) is 0.535. The van der Waals surface area contributed by atoms with E-state index in [4.69, 9.17) is 5.26 Å². The number of likely N-dealkylation sites (tertiary alicyclic amines) is 1. The van der Waals surface area contributed by atoms with Crippen LogP contribution in [0.2, 0.25) is 0 Å². The van der Waals surface area contributed by atoms with Crippen LogP contribution in [0.25, 0.3) is 21.6 Å². The van der Waals surface area contributed by atoms with Gasteiger partial charge in [0.25, 0.3) is 5.91 Å². The number of nitrogens with one attached hydrogen (secondary N) is 1. The van der Waals surface area contributed by atoms with E-state index in [1.165, 1.54) is 23.5 Å². The maximum Gasteiger partial charge on any atom is 0.264 e. The molecule has 0 saturated carbocycles. The molecule has 36 heavy (non-hydrogen) atoms. The second-order valence-corrected chi connectivity index (χ2v) is 11.0. The molecule has 2 aliphatic rings. The van der Waals surface area contributed by atoms with Crippen molar-refractivity contribution in [3.63, 3.8) is 0 Å². The number of piperidine rings is 1. The Morgan fingerprint density at radius 3 is 2.56 bits per heavy atom. The van der Waals surface area contributed by atoms with Gasteiger partial charge in [0.05, 0.1) is 16.0 Å². The van der Waals surface area contributed by atoms with Gasteiger partial charge in [-0.1, -0.05) is 18.2 Å². The van der Waals surface area contributed by atoms with Crippen LogP contribution in [0, 0.1) is 17.1 Å². The molecule has 8 heteroatoms. The van der Waals surface area contributed by atoms with E-state index < -0.39 is 11.4 Å². The Hall–Kier alpha value is -3.25. The molecule has 1 unspecified atom stereocenters. The Morgan fingerprint density at radius 1 is 1.19 bits per heavy atom. The van der Waals surface area contributed by atoms with Crippen molar-refractivity contribution in [2.45, 2.75) is 31.4 Å². The number of nitriles is 1. The number of benzene rings is 2. The average Bonchev–Trinajstić information content (AvgIpc) is 3.32. The molecule has 3 aromatic rings. The van der Waals surface area contributed by atoms with Gasteiger partial charge in [-0.3, -0.25) is 4.79 Å². The summed E-state index contributed by atoms with van der Waals surface area (Å²) in [4.78, 5) is 19.0. The second kappa shape index (κ2) is 9.66. The number of hydrogen-bond acceptors (Lipinski definition) is 6. The third kappa shape index (κ3) is 4.74. The van der Waals surface area contributed by atoms with Gasteiger partial charge in [-0.15, -0.1) is 11.3 Å². The van der Waals surface area contributed by atoms with Crippen molar-refractivity contribution in [1.29, 1.82) is 5.26 Å². The maximum atomic E-state index is 14.5. The Labute approximate surface area is 214 Å². The summed E-state index contributed by atoms with van der Waals surface area (Å²) in [6, 6.07) is 16.6. The second-order valence-electron chi connectivity index (χ2n) is 9.94. The van der Waals surface area contributed by atoms with Crippen molar-refractivity contribution in [2.75, 3.05) is 38.1 Å². The van der Waals surface area contributed by atoms with Crippen LogP contribution in [0.4, 0.5) is 10.1 Å². The number of nitrogens with zero attached hydrogens (tertiary/aromatic N) is 3. The van der Waals surface area contributed by atoms with Gasteiger partial charge in [-0.05, 0) is 68.3 Å². The summed E-state index contributed by atoms with van der Waals surface area (Å²) >= 11 is 1.41. The van der Waals surface area contributed by atoms with Gasteiger partial charge < -0.3 is 20.2 Å². The third-order valence-corrected chi connectivity index (χ3v) is 8.19. The van der Waals surface area contributed by atoms with Gasteiger partial charge in [0.2, 0.25) is 0 Å². The normalized spacial score (nSPS) is 19.0. The molecule has 5 rings (SSSR count). The molecule has 0 aliphatic carbocycles. The van der Waals surface area contributed by atoms with E-state index in [1.807, 2.05) is 55.3 Å². The van der Waals surface area contributed by atoms with Crippen LogP contribution in [0.1, 0.15) is 35.0 Å². The molecule has 1 atom stereocenters. The number of amides is 1. The molecule has 3 heterocycles. The number of carbonyl (C=O) groups excluding carboxylic acids is 1. The van der Waals surface area contributed by atoms with Crippen molar-refractivity contribution in [1.82, 2.24) is 10.2 Å². The number of rotatable bonds is 5. The highest BCUT2D eigenvalue weighted by molar-refractivity contribution is 7.18. The van der Waals surface area contributed by atoms with E-state index in [-0.39, 0.29) is 17.5 Å². The first-order valence-corrected chi connectivity index (χ1v) is 13.0. The monoisotopic (exact) mass is 504 g/mol. The Morgan fingerprint density at radius 2 is 1.92 bits per heavy atom. The van der Waals surface area contributed by atoms with E-state index in [9.17, 15) is 14.3 Å². The fraction of sp³-hybridized carbons (Fsp3) is 0.357. The fourth-order valence-corrected chi connectivity index (χ4v) is 6.19. The van der Waals surface area contributed by atoms with Crippen molar-refractivity contribution < 1.29 is 14.3 Å². The van der Waals surface area contributed by atoms with E-state index in [0.29, 0.717) is 30.1 Å². The van der Waals surface area contributed by atoms with Gasteiger partial charge in [0, 0.05) is 48.3 Å². The summed E-state index contributed by atoms with van der Waals surface area (Å²) in [5, 5.41) is 22.5. The third-order valence-electron chi connectivity index (χ3n) is 7.02. The van der Waals surface area contributed by atoms with Gasteiger partial charge in [-0.2, -0.15) is 5.26 Å². The van der Waals surface area contributed by atoms with Gasteiger partial charge >= 0.3 is 0 Å². The number of hydrogen-bond donors (Lipinski definition) is 2. The van der Waals surface area contributed by atoms with Crippen molar-refractivity contribution in [2.24, 2.45) is 0 Å². The predicted octanol–water partition coefficient (Wildman–Crippen LogP) is 4.49. The SMILES string of the molecule is CNC1CCCN(C(=O)c2cc(-c3ccc(C#N)c(F)c3)c(-c3ccc(N4CC(C)(O)C4)cc3)s2)C1. The number of thiophene rings is 1. The van der Waals surface area contributed by atoms with E-state index in [1.54, 1.807) is 6.07 Å². The molecule has 1 aromatic heterocycles. The zero-order valence-electron chi connectivity index (χ0n) is 20.4. The highest BCUT2D eigenvalue weighted by Gasteiger charge is 2.36. The Balaban J connectivity index is 1.51. The van der Waals surface area contributed by atoms with Crippen LogP contribution in [-0.2, 0) is 0 Å². The van der Waals surface area contributed by atoms with Gasteiger partial charge in [0.1, 0.15) is 11.9 Å². The van der Waals surface area contributed by atoms with Crippen molar-refractivity contribution in [3.05, 3.63) is 64.8 Å². The van der Waals surface area contributed by atoms with Crippen LogP contribution in [-0.4, -0.2) is 60.8 Å². The standard InChI is InChI=1S/C28H29FN4O2S/c1-28(35)16-33(17-28)22-9-7-18(8-10-22)26-23(19-5-6-20(14-30)24(29)12-19)13-25(36-26)27(34)32-11-3-4-21(15-32)31-2/h5-10,12-13,21,31,35H,3-4,11,15-17H2,1-2H3. The number of anilines is 1. The number of likely N-dealkylation sites (N-methyl/N-ethyl adjacent to an activating group) is 1. The highest BCUT2D eigenvalue weighted by Crippen LogP contribution is 2.41. The summed E-state index contributed by atoms with van der Waals surface area (Å²) in [6.07, 6.45) is 2.00. The smallest absolute Gasteiger partial charge is 0.264 e. The molecule has 0 bridgehead atoms. The molecule has 1 amide bonds. The topological polar surface area (TPSA) is 79.6 Å². The van der Waals surface area contributed by atoms with Gasteiger partial charge in [-0.25, -0.2) is 4.39 Å². The van der Waals surface area contributed by atoms with Crippen molar-refractivity contribution in [3.8, 4) is 27.6 Å². The molecule has 6 nitrogen and oxygen atoms in total. The summed E-state index contributed by atoms with van der Waals surface area (Å²) in [5.41, 5.74) is 2.69. The first-order chi connectivity index (χ1) is 17.3. The lowest BCUT2D eigenvalue weighted by Gasteiger charge is -2.45. The first-order valence-electron chi connectivity index (χ1n) is 12.2. The van der Waals surface area contributed by atoms with Crippen molar-refractivity contribution >= 4 is 22.9 Å². The molecule has 2 fully saturated rings. The largest absolute Gasteiger partial charge is 0.386 e. The van der Waals surface area contributed by atoms with E-state index in [0.717, 1.165) is 41.1 Å². The Kier molecular flexibility index (Phi) is 6.56. The zero-order valence-corrected chi connectivity index (χ0v) is 21.2. The van der Waals surface area contributed by atoms with Crippen LogP contribution in [0.15, 0.2) is 48.5 Å². The molecule has 2 aliphatic heterocycles. The first kappa shape index (κ1) is 24.4. The molecule has 0 spiro atoms. The summed E-state index contributed by atoms with van der Waals surface area (Å²) in [7, 11) is 1.92. The molecule has 2 N–H and O–H groups in total. The zero-order chi connectivity index (χ0) is 25.4. The molecule has 2 saturated heterocycles. The van der Waals surface area contributed by atoms with Crippen LogP contribution in [0.5, 0.6) is 0 Å². The minimum absolute atomic E-state index is 0.00645. The van der Waals surface area contributed by atoms with E-state index in [2.05, 4.69) is 10.2 Å². The molecule has 0 radical (unpaired) electrons. The minimum Gasteiger partial charge on any atom is -0.386 e. The number of aliphatic hydroxyl groups is 1. The molecule has 2 aromatic carbocycles. The molecule has 186 valence electrons. The van der Waals surface area contributed by atoms with Gasteiger partial charge in [0.15, 0.2) is 0 Å². The van der Waals surface area contributed by atoms with E-state index >= 15 is 0 Å². The van der Waals surface area contributed by atoms with Crippen LogP contribution < -0.4 is 10.2 Å². The fourth-order valence-electron chi connectivity index (χ4n) is 5.03. The lowest BCUT2D eigenvalue weighted by atomic mass is 9.95. The maximum absolute atomic E-state index is 14.5. The summed E-state index contributed by atoms with van der Waals surface area (Å²) < 4.78 is 14.5. The Bertz CT molecular complexity index is 1320.